The molecule has 0 fully saturated rings. The zero-order valence-electron chi connectivity index (χ0n) is 20.5. The number of hydrogen-bond donors (Lipinski definition) is 3. The molecule has 9 heteroatoms. The van der Waals surface area contributed by atoms with E-state index < -0.39 is 19.3 Å². The van der Waals surface area contributed by atoms with Crippen LogP contribution in [-0.2, 0) is 20.3 Å². The Kier molecular flexibility index (Phi) is 9.71. The van der Waals surface area contributed by atoms with Gasteiger partial charge in [0.05, 0.1) is 7.11 Å². The molecular weight excluding hydrogens is 453 g/mol. The number of nitrogen functional groups attached to an aromatic ring is 1. The molecule has 2 aromatic carbocycles. The van der Waals surface area contributed by atoms with Gasteiger partial charge in [0.2, 0.25) is 19.2 Å². The molecule has 0 spiro atoms. The number of ether oxygens (including phenoxy) is 1. The van der Waals surface area contributed by atoms with Gasteiger partial charge < -0.3 is 20.7 Å². The normalized spacial score (nSPS) is 14.7. The number of benzene rings is 2. The molecule has 3 atom stereocenters. The molecule has 4 N–H and O–H groups in total. The van der Waals surface area contributed by atoms with Gasteiger partial charge in [0, 0.05) is 36.7 Å². The molecule has 2 rings (SSSR count). The van der Waals surface area contributed by atoms with Crippen LogP contribution < -0.4 is 20.7 Å². The third-order valence-corrected chi connectivity index (χ3v) is 7.46. The molecule has 0 saturated heterocycles. The monoisotopic (exact) mass is 489 g/mol. The number of likely N-dealkylation sites (N-methyl/N-ethyl adjacent to an activating group) is 1. The number of anilines is 2. The number of carbonyl (C=O) groups is 2. The molecule has 0 radical (unpaired) electrons. The second-order valence-corrected chi connectivity index (χ2v) is 11.3. The molecular formula is C25H36N3O5P. The van der Waals surface area contributed by atoms with E-state index in [0.717, 1.165) is 0 Å². The Balaban J connectivity index is 2.40. The van der Waals surface area contributed by atoms with Gasteiger partial charge in [-0.1, -0.05) is 26.0 Å². The van der Waals surface area contributed by atoms with E-state index in [1.165, 1.54) is 11.9 Å². The van der Waals surface area contributed by atoms with E-state index in [0.29, 0.717) is 29.1 Å². The fourth-order valence-corrected chi connectivity index (χ4v) is 5.91. The second kappa shape index (κ2) is 12.0. The summed E-state index contributed by atoms with van der Waals surface area (Å²) in [6.07, 6.45) is 0.146. The van der Waals surface area contributed by atoms with E-state index in [1.54, 1.807) is 62.6 Å². The van der Waals surface area contributed by atoms with Crippen LogP contribution in [0.3, 0.4) is 0 Å². The highest BCUT2D eigenvalue weighted by Gasteiger charge is 2.36. The molecule has 0 bridgehead atoms. The molecule has 3 unspecified atom stereocenters. The number of hydrogen-bond acceptors (Lipinski definition) is 5. The topological polar surface area (TPSA) is 122 Å². The van der Waals surface area contributed by atoms with E-state index in [-0.39, 0.29) is 30.1 Å². The zero-order chi connectivity index (χ0) is 25.5. The van der Waals surface area contributed by atoms with Crippen LogP contribution in [0.1, 0.15) is 32.8 Å². The van der Waals surface area contributed by atoms with Crippen molar-refractivity contribution in [1.29, 1.82) is 0 Å². The van der Waals surface area contributed by atoms with Crippen molar-refractivity contribution >= 4 is 30.6 Å². The highest BCUT2D eigenvalue weighted by Crippen LogP contribution is 2.47. The van der Waals surface area contributed by atoms with Crippen molar-refractivity contribution < 1.29 is 23.8 Å². The molecule has 2 aromatic rings. The third kappa shape index (κ3) is 7.61. The standard InChI is InChI=1S/C25H36N3O5P/c1-17(2)13-20(16-34(31,32)15-19-7-6-8-21(26)14-19)25(30)28(18(3)24(29)27-4)22-9-11-23(33-5)12-10-22/h6-12,14,17-18,20H,13,15-16,26H2,1-5H3,(H,27,29)(H,31,32). The lowest BCUT2D eigenvalue weighted by molar-refractivity contribution is -0.127. The Morgan fingerprint density at radius 2 is 1.79 bits per heavy atom. The quantitative estimate of drug-likeness (QED) is 0.325. The summed E-state index contributed by atoms with van der Waals surface area (Å²) in [5.41, 5.74) is 7.48. The third-order valence-electron chi connectivity index (χ3n) is 5.59. The summed E-state index contributed by atoms with van der Waals surface area (Å²) >= 11 is 0. The highest BCUT2D eigenvalue weighted by atomic mass is 31.2. The van der Waals surface area contributed by atoms with Crippen molar-refractivity contribution in [2.24, 2.45) is 11.8 Å². The lowest BCUT2D eigenvalue weighted by Gasteiger charge is -2.33. The predicted molar refractivity (Wildman–Crippen MR) is 136 cm³/mol. The number of nitrogens with two attached hydrogens (primary N) is 1. The van der Waals surface area contributed by atoms with Crippen LogP contribution in [0.4, 0.5) is 11.4 Å². The minimum Gasteiger partial charge on any atom is -0.497 e. The summed E-state index contributed by atoms with van der Waals surface area (Å²) < 4.78 is 18.4. The van der Waals surface area contributed by atoms with Crippen LogP contribution in [0.15, 0.2) is 48.5 Å². The summed E-state index contributed by atoms with van der Waals surface area (Å²) in [6.45, 7) is 5.55. The molecule has 0 aliphatic rings. The van der Waals surface area contributed by atoms with E-state index >= 15 is 0 Å². The first kappa shape index (κ1) is 27.4. The van der Waals surface area contributed by atoms with Crippen LogP contribution in [-0.4, -0.2) is 43.1 Å². The van der Waals surface area contributed by atoms with Crippen LogP contribution >= 0.6 is 7.37 Å². The molecule has 0 aliphatic carbocycles. The van der Waals surface area contributed by atoms with Gasteiger partial charge in [0.25, 0.3) is 0 Å². The van der Waals surface area contributed by atoms with Crippen molar-refractivity contribution in [1.82, 2.24) is 5.32 Å². The Morgan fingerprint density at radius 3 is 2.32 bits per heavy atom. The van der Waals surface area contributed by atoms with Crippen molar-refractivity contribution in [2.45, 2.75) is 39.4 Å². The van der Waals surface area contributed by atoms with Gasteiger partial charge in [-0.05, 0) is 61.2 Å². The molecule has 0 aromatic heterocycles. The minimum absolute atomic E-state index is 0.0759. The molecule has 0 saturated carbocycles. The second-order valence-electron chi connectivity index (χ2n) is 8.95. The smallest absolute Gasteiger partial charge is 0.242 e. The van der Waals surface area contributed by atoms with E-state index in [4.69, 9.17) is 10.5 Å². The number of nitrogens with zero attached hydrogens (tertiary/aromatic N) is 1. The largest absolute Gasteiger partial charge is 0.497 e. The average Bonchev–Trinajstić information content (AvgIpc) is 2.77. The fraction of sp³-hybridized carbons (Fsp3) is 0.440. The van der Waals surface area contributed by atoms with Crippen LogP contribution in [0.5, 0.6) is 5.75 Å². The summed E-state index contributed by atoms with van der Waals surface area (Å²) in [7, 11) is -0.676. The van der Waals surface area contributed by atoms with Crippen molar-refractivity contribution in [2.75, 3.05) is 31.0 Å². The molecule has 186 valence electrons. The first-order valence-electron chi connectivity index (χ1n) is 11.3. The average molecular weight is 490 g/mol. The Bertz CT molecular complexity index is 1030. The van der Waals surface area contributed by atoms with Crippen LogP contribution in [0.2, 0.25) is 0 Å². The van der Waals surface area contributed by atoms with Crippen LogP contribution in [0.25, 0.3) is 0 Å². The maximum atomic E-state index is 13.8. The number of nitrogens with one attached hydrogen (secondary N) is 1. The number of carbonyl (C=O) groups excluding carboxylic acids is 2. The fourth-order valence-electron chi connectivity index (χ4n) is 4.02. The molecule has 34 heavy (non-hydrogen) atoms. The lowest BCUT2D eigenvalue weighted by atomic mass is 9.96. The molecule has 8 nitrogen and oxygen atoms in total. The highest BCUT2D eigenvalue weighted by molar-refractivity contribution is 7.57. The predicted octanol–water partition coefficient (Wildman–Crippen LogP) is 3.88. The minimum atomic E-state index is -3.73. The van der Waals surface area contributed by atoms with E-state index in [9.17, 15) is 19.0 Å². The van der Waals surface area contributed by atoms with Crippen molar-refractivity contribution in [3.8, 4) is 5.75 Å². The number of amides is 2. The first-order chi connectivity index (χ1) is 16.0. The van der Waals surface area contributed by atoms with Gasteiger partial charge >= 0.3 is 0 Å². The van der Waals surface area contributed by atoms with Crippen LogP contribution in [0, 0.1) is 11.8 Å². The Labute approximate surface area is 201 Å². The first-order valence-corrected chi connectivity index (χ1v) is 13.3. The maximum absolute atomic E-state index is 13.8. The Morgan fingerprint density at radius 1 is 1.15 bits per heavy atom. The van der Waals surface area contributed by atoms with Gasteiger partial charge in [-0.25, -0.2) is 0 Å². The lowest BCUT2D eigenvalue weighted by Crippen LogP contribution is -2.50. The summed E-state index contributed by atoms with van der Waals surface area (Å²) in [6, 6.07) is 12.9. The van der Waals surface area contributed by atoms with Gasteiger partial charge in [-0.15, -0.1) is 0 Å². The van der Waals surface area contributed by atoms with Gasteiger partial charge in [-0.3, -0.25) is 19.1 Å². The number of rotatable bonds is 11. The molecule has 0 heterocycles. The van der Waals surface area contributed by atoms with Gasteiger partial charge in [0.1, 0.15) is 11.8 Å². The zero-order valence-corrected chi connectivity index (χ0v) is 21.4. The summed E-state index contributed by atoms with van der Waals surface area (Å²) in [4.78, 5) is 38.6. The van der Waals surface area contributed by atoms with Crippen molar-refractivity contribution in [3.05, 3.63) is 54.1 Å². The summed E-state index contributed by atoms with van der Waals surface area (Å²) in [5.74, 6) is -0.721. The molecule has 2 amide bonds. The van der Waals surface area contributed by atoms with Crippen molar-refractivity contribution in [3.63, 3.8) is 0 Å². The SMILES string of the molecule is CNC(=O)C(C)N(C(=O)C(CC(C)C)CP(=O)(O)Cc1cccc(N)c1)c1ccc(OC)cc1. The number of methoxy groups -OCH3 is 1. The Hall–Kier alpha value is -2.83. The van der Waals surface area contributed by atoms with Gasteiger partial charge in [0.15, 0.2) is 0 Å². The van der Waals surface area contributed by atoms with E-state index in [1.807, 2.05) is 13.8 Å². The van der Waals surface area contributed by atoms with E-state index in [2.05, 4.69) is 5.32 Å². The maximum Gasteiger partial charge on any atom is 0.242 e. The summed E-state index contributed by atoms with van der Waals surface area (Å²) in [5, 5.41) is 2.58. The van der Waals surface area contributed by atoms with Gasteiger partial charge in [-0.2, -0.15) is 0 Å². The molecule has 0 aliphatic heterocycles.